The van der Waals surface area contributed by atoms with Gasteiger partial charge < -0.3 is 26.6 Å². The van der Waals surface area contributed by atoms with Gasteiger partial charge in [0.15, 0.2) is 0 Å². The van der Waals surface area contributed by atoms with Crippen LogP contribution in [0.4, 0.5) is 0 Å². The summed E-state index contributed by atoms with van der Waals surface area (Å²) in [6.45, 7) is 2.45. The van der Waals surface area contributed by atoms with Crippen molar-refractivity contribution in [2.45, 2.75) is 87.3 Å². The Balaban J connectivity index is 0.00000294. The van der Waals surface area contributed by atoms with E-state index in [9.17, 15) is 4.79 Å². The van der Waals surface area contributed by atoms with Crippen LogP contribution < -0.4 is 12.4 Å². The molecule has 0 aliphatic carbocycles. The Morgan fingerprint density at radius 3 is 2.00 bits per heavy atom. The average Bonchev–Trinajstić information content (AvgIpc) is 3.41. The largest absolute Gasteiger partial charge is 1.00 e. The molecule has 0 radical (unpaired) electrons. The van der Waals surface area contributed by atoms with Crippen molar-refractivity contribution in [2.75, 3.05) is 19.8 Å². The summed E-state index contributed by atoms with van der Waals surface area (Å²) in [5.41, 5.74) is -0.561. The maximum absolute atomic E-state index is 14.7. The molecule has 2 bridgehead atoms. The lowest BCUT2D eigenvalue weighted by atomic mass is 9.85. The molecule has 6 rings (SSSR count). The van der Waals surface area contributed by atoms with Crippen LogP contribution in [0, 0.1) is 5.92 Å². The first kappa shape index (κ1) is 27.9. The van der Waals surface area contributed by atoms with E-state index in [-0.39, 0.29) is 30.5 Å². The number of hydrogen-bond donors (Lipinski definition) is 0. The molecule has 4 fully saturated rings. The van der Waals surface area contributed by atoms with E-state index in [1.807, 2.05) is 60.7 Å². The van der Waals surface area contributed by atoms with E-state index in [4.69, 9.17) is 25.8 Å². The first-order valence-electron chi connectivity index (χ1n) is 14.2. The smallest absolute Gasteiger partial charge is 0.352 e. The highest BCUT2D eigenvalue weighted by Crippen LogP contribution is 2.50. The van der Waals surface area contributed by atoms with Gasteiger partial charge >= 0.3 is 5.97 Å². The molecule has 4 unspecified atom stereocenters. The van der Waals surface area contributed by atoms with Gasteiger partial charge in [0.25, 0.3) is 0 Å². The number of piperidine rings is 1. The lowest BCUT2D eigenvalue weighted by Gasteiger charge is -2.48. The normalized spacial score (nSPS) is 30.1. The molecule has 4 atom stereocenters. The summed E-state index contributed by atoms with van der Waals surface area (Å²) >= 11 is 7.01. The number of carbonyl (C=O) groups excluding carboxylic acids is 1. The molecule has 0 N–H and O–H groups in total. The van der Waals surface area contributed by atoms with Crippen molar-refractivity contribution >= 4 is 17.6 Å². The van der Waals surface area contributed by atoms with Gasteiger partial charge in [-0.15, -0.1) is 0 Å². The minimum atomic E-state index is -1.44. The average molecular weight is 561 g/mol. The molecule has 5 nitrogen and oxygen atoms in total. The summed E-state index contributed by atoms with van der Waals surface area (Å²) in [5.74, 6) is -0.227. The SMILES string of the molecule is O=C(OC1CCC[N+]12C1CCCC2CC1)C(OC(Cl)C1CCOCC1)(c1ccccc1)c1ccccc1.[Cl-]. The molecule has 4 aliphatic heterocycles. The van der Waals surface area contributed by atoms with E-state index in [0.29, 0.717) is 25.3 Å². The molecule has 4 heterocycles. The number of rotatable bonds is 7. The first-order chi connectivity index (χ1) is 18.1. The third-order valence-corrected chi connectivity index (χ3v) is 10.1. The zero-order valence-electron chi connectivity index (χ0n) is 22.0. The molecule has 38 heavy (non-hydrogen) atoms. The number of halogens is 2. The number of hydrogen-bond acceptors (Lipinski definition) is 4. The van der Waals surface area contributed by atoms with Gasteiger partial charge in [-0.2, -0.15) is 0 Å². The van der Waals surface area contributed by atoms with Crippen LogP contribution in [0.2, 0.25) is 0 Å². The number of carbonyl (C=O) groups is 1. The van der Waals surface area contributed by atoms with Gasteiger partial charge in [-0.25, -0.2) is 4.79 Å². The Kier molecular flexibility index (Phi) is 8.71. The third-order valence-electron chi connectivity index (χ3n) is 9.62. The molecule has 0 aromatic heterocycles. The van der Waals surface area contributed by atoms with Crippen LogP contribution in [0.1, 0.15) is 68.9 Å². The van der Waals surface area contributed by atoms with Crippen molar-refractivity contribution in [3.63, 3.8) is 0 Å². The van der Waals surface area contributed by atoms with E-state index in [1.54, 1.807) is 0 Å². The van der Waals surface area contributed by atoms with E-state index in [1.165, 1.54) is 32.1 Å². The van der Waals surface area contributed by atoms with Crippen LogP contribution in [-0.4, -0.2) is 54.1 Å². The minimum absolute atomic E-state index is 0. The number of alkyl halides is 1. The van der Waals surface area contributed by atoms with Crippen LogP contribution in [0.3, 0.4) is 0 Å². The van der Waals surface area contributed by atoms with Crippen molar-refractivity contribution < 1.29 is 35.9 Å². The topological polar surface area (TPSA) is 44.8 Å². The highest BCUT2D eigenvalue weighted by Gasteiger charge is 2.60. The van der Waals surface area contributed by atoms with Gasteiger partial charge in [-0.1, -0.05) is 72.3 Å². The standard InChI is InChI=1S/C31H39ClNO4.ClH/c32-29(23-18-21-35-22-19-23)37-31(24-9-3-1-4-10-24,25-11-5-2-6-12-25)30(34)36-28-15-8-20-33(28)26-13-7-14-27(33)17-16-26;/h1-6,9-12,23,26-29H,7-8,13-22H2;1H/q+1;/p-1. The van der Waals surface area contributed by atoms with Crippen molar-refractivity contribution in [1.29, 1.82) is 0 Å². The van der Waals surface area contributed by atoms with Crippen LogP contribution in [-0.2, 0) is 24.6 Å². The van der Waals surface area contributed by atoms with Crippen molar-refractivity contribution in [2.24, 2.45) is 5.92 Å². The third kappa shape index (κ3) is 4.79. The molecule has 2 aromatic carbocycles. The van der Waals surface area contributed by atoms with Gasteiger partial charge in [0.2, 0.25) is 11.8 Å². The second-order valence-corrected chi connectivity index (χ2v) is 11.8. The summed E-state index contributed by atoms with van der Waals surface area (Å²) in [4.78, 5) is 14.7. The van der Waals surface area contributed by atoms with Gasteiger partial charge in [-0.3, -0.25) is 4.48 Å². The zero-order chi connectivity index (χ0) is 25.3. The van der Waals surface area contributed by atoms with E-state index >= 15 is 0 Å². The molecule has 0 saturated carbocycles. The minimum Gasteiger partial charge on any atom is -1.00 e. The van der Waals surface area contributed by atoms with E-state index < -0.39 is 11.2 Å². The first-order valence-corrected chi connectivity index (χ1v) is 14.7. The summed E-state index contributed by atoms with van der Waals surface area (Å²) in [7, 11) is 0. The predicted molar refractivity (Wildman–Crippen MR) is 143 cm³/mol. The number of nitrogens with zero attached hydrogens (tertiary/aromatic N) is 1. The fourth-order valence-electron chi connectivity index (χ4n) is 7.82. The number of esters is 1. The molecule has 4 saturated heterocycles. The highest BCUT2D eigenvalue weighted by atomic mass is 35.5. The fraction of sp³-hybridized carbons (Fsp3) is 0.581. The van der Waals surface area contributed by atoms with Gasteiger partial charge in [-0.05, 0) is 43.2 Å². The molecule has 2 aromatic rings. The predicted octanol–water partition coefficient (Wildman–Crippen LogP) is 3.14. The Labute approximate surface area is 237 Å². The Morgan fingerprint density at radius 2 is 1.42 bits per heavy atom. The highest BCUT2D eigenvalue weighted by molar-refractivity contribution is 6.20. The summed E-state index contributed by atoms with van der Waals surface area (Å²) in [5, 5.41) is 0. The van der Waals surface area contributed by atoms with Gasteiger partial charge in [0.05, 0.1) is 18.6 Å². The van der Waals surface area contributed by atoms with Gasteiger partial charge in [0, 0.05) is 44.8 Å². The number of ether oxygens (including phenoxy) is 3. The molecular weight excluding hydrogens is 521 g/mol. The quantitative estimate of drug-likeness (QED) is 0.297. The zero-order valence-corrected chi connectivity index (χ0v) is 23.5. The molecule has 0 amide bonds. The molecule has 4 aliphatic rings. The Morgan fingerprint density at radius 1 is 0.842 bits per heavy atom. The maximum atomic E-state index is 14.7. The van der Waals surface area contributed by atoms with Crippen LogP contribution in [0.15, 0.2) is 60.7 Å². The van der Waals surface area contributed by atoms with Gasteiger partial charge in [0.1, 0.15) is 5.56 Å². The lowest BCUT2D eigenvalue weighted by molar-refractivity contribution is -0.992. The van der Waals surface area contributed by atoms with E-state index in [0.717, 1.165) is 47.8 Å². The lowest BCUT2D eigenvalue weighted by Crippen LogP contribution is -3.00. The van der Waals surface area contributed by atoms with Crippen molar-refractivity contribution in [3.05, 3.63) is 71.8 Å². The van der Waals surface area contributed by atoms with Crippen molar-refractivity contribution in [3.8, 4) is 0 Å². The Hall–Kier alpha value is -1.63. The molecule has 1 spiro atoms. The van der Waals surface area contributed by atoms with E-state index in [2.05, 4.69) is 0 Å². The van der Waals surface area contributed by atoms with Crippen LogP contribution in [0.25, 0.3) is 0 Å². The van der Waals surface area contributed by atoms with Crippen LogP contribution >= 0.6 is 11.6 Å². The monoisotopic (exact) mass is 559 g/mol. The molecular formula is C31H39Cl2NO4. The fourth-order valence-corrected chi connectivity index (χ4v) is 8.21. The number of quaternary nitrogens is 1. The second-order valence-electron chi connectivity index (χ2n) is 11.4. The Bertz CT molecular complexity index is 1010. The molecule has 206 valence electrons. The maximum Gasteiger partial charge on any atom is 0.352 e. The second kappa shape index (κ2) is 11.9. The number of benzene rings is 2. The van der Waals surface area contributed by atoms with Crippen molar-refractivity contribution in [1.82, 2.24) is 0 Å². The summed E-state index contributed by atoms with van der Waals surface area (Å²) < 4.78 is 20.0. The summed E-state index contributed by atoms with van der Waals surface area (Å²) in [6.07, 6.45) is 9.85. The summed E-state index contributed by atoms with van der Waals surface area (Å²) in [6, 6.07) is 20.8. The molecule has 7 heteroatoms. The van der Waals surface area contributed by atoms with Crippen LogP contribution in [0.5, 0.6) is 0 Å².